The van der Waals surface area contributed by atoms with Gasteiger partial charge in [-0.3, -0.25) is 9.59 Å². The first-order chi connectivity index (χ1) is 7.04. The molecule has 0 aromatic heterocycles. The van der Waals surface area contributed by atoms with E-state index >= 15 is 0 Å². The summed E-state index contributed by atoms with van der Waals surface area (Å²) in [5.41, 5.74) is 0. The second kappa shape index (κ2) is 5.26. The van der Waals surface area contributed by atoms with Crippen LogP contribution >= 0.6 is 0 Å². The summed E-state index contributed by atoms with van der Waals surface area (Å²) in [5.74, 6) is -0.200. The molecular formula is C11H19NO3. The number of hydrogen-bond acceptors (Lipinski definition) is 4. The summed E-state index contributed by atoms with van der Waals surface area (Å²) in [6, 6.07) is 0. The molecule has 0 aromatic rings. The molecular weight excluding hydrogens is 194 g/mol. The minimum absolute atomic E-state index is 0.102. The molecule has 0 spiro atoms. The van der Waals surface area contributed by atoms with Crippen molar-refractivity contribution in [2.45, 2.75) is 32.8 Å². The molecule has 86 valence electrons. The Hall–Kier alpha value is -0.900. The molecule has 0 saturated carbocycles. The summed E-state index contributed by atoms with van der Waals surface area (Å²) >= 11 is 0. The van der Waals surface area contributed by atoms with E-state index < -0.39 is 0 Å². The highest BCUT2D eigenvalue weighted by atomic mass is 16.5. The van der Waals surface area contributed by atoms with Crippen LogP contribution < -0.4 is 0 Å². The van der Waals surface area contributed by atoms with E-state index in [0.29, 0.717) is 13.0 Å². The predicted octanol–water partition coefficient (Wildman–Crippen LogP) is 0.849. The molecule has 1 fully saturated rings. The van der Waals surface area contributed by atoms with Crippen molar-refractivity contribution in [3.8, 4) is 0 Å². The molecule has 0 aliphatic carbocycles. The van der Waals surface area contributed by atoms with Gasteiger partial charge in [-0.2, -0.15) is 0 Å². The number of rotatable bonds is 3. The molecule has 1 aliphatic rings. The van der Waals surface area contributed by atoms with Gasteiger partial charge in [0, 0.05) is 19.9 Å². The van der Waals surface area contributed by atoms with Crippen LogP contribution in [-0.4, -0.2) is 42.9 Å². The lowest BCUT2D eigenvalue weighted by atomic mass is 9.89. The molecule has 1 heterocycles. The third-order valence-corrected chi connectivity index (χ3v) is 2.84. The van der Waals surface area contributed by atoms with Crippen LogP contribution in [0.3, 0.4) is 0 Å². The first-order valence-corrected chi connectivity index (χ1v) is 5.43. The zero-order valence-corrected chi connectivity index (χ0v) is 9.66. The maximum atomic E-state index is 11.7. The molecule has 0 bridgehead atoms. The van der Waals surface area contributed by atoms with Crippen LogP contribution in [0.2, 0.25) is 0 Å². The van der Waals surface area contributed by atoms with E-state index in [1.165, 1.54) is 6.92 Å². The van der Waals surface area contributed by atoms with Gasteiger partial charge in [0.15, 0.2) is 0 Å². The molecule has 1 saturated heterocycles. The lowest BCUT2D eigenvalue weighted by Gasteiger charge is -2.35. The third kappa shape index (κ3) is 3.30. The zero-order chi connectivity index (χ0) is 11.4. The topological polar surface area (TPSA) is 46.6 Å². The van der Waals surface area contributed by atoms with Crippen molar-refractivity contribution in [2.24, 2.45) is 5.92 Å². The number of piperidine rings is 1. The number of carbonyl (C=O) groups excluding carboxylic acids is 2. The van der Waals surface area contributed by atoms with Crippen molar-refractivity contribution in [2.75, 3.05) is 20.1 Å². The molecule has 1 aliphatic heterocycles. The fourth-order valence-corrected chi connectivity index (χ4v) is 2.03. The number of esters is 1. The summed E-state index contributed by atoms with van der Waals surface area (Å²) < 4.78 is 5.20. The Balaban J connectivity index is 2.65. The average molecular weight is 213 g/mol. The highest BCUT2D eigenvalue weighted by Gasteiger charge is 2.33. The number of hydrogen-bond donors (Lipinski definition) is 0. The van der Waals surface area contributed by atoms with Gasteiger partial charge < -0.3 is 9.64 Å². The van der Waals surface area contributed by atoms with Crippen molar-refractivity contribution in [1.82, 2.24) is 4.90 Å². The Morgan fingerprint density at radius 2 is 2.13 bits per heavy atom. The van der Waals surface area contributed by atoms with Gasteiger partial charge in [0.1, 0.15) is 11.9 Å². The molecule has 0 aromatic carbocycles. The smallest absolute Gasteiger partial charge is 0.302 e. The molecule has 0 amide bonds. The quantitative estimate of drug-likeness (QED) is 0.652. The Morgan fingerprint density at radius 1 is 1.47 bits per heavy atom. The van der Waals surface area contributed by atoms with Gasteiger partial charge in [-0.25, -0.2) is 0 Å². The normalized spacial score (nSPS) is 27.4. The molecule has 0 radical (unpaired) electrons. The van der Waals surface area contributed by atoms with Gasteiger partial charge in [0.2, 0.25) is 0 Å². The highest BCUT2D eigenvalue weighted by molar-refractivity contribution is 5.81. The number of likely N-dealkylation sites (N-methyl/N-ethyl adjacent to an activating group) is 1. The van der Waals surface area contributed by atoms with Gasteiger partial charge in [0.05, 0.1) is 5.92 Å². The second-order valence-corrected chi connectivity index (χ2v) is 4.13. The number of ketones is 1. The summed E-state index contributed by atoms with van der Waals surface area (Å²) in [6.45, 7) is 4.80. The van der Waals surface area contributed by atoms with Crippen LogP contribution in [-0.2, 0) is 14.3 Å². The standard InChI is InChI=1S/C11H19NO3/c1-4-10(14)9-5-6-12(3)7-11(9)15-8(2)13/h9,11H,4-7H2,1-3H3. The summed E-state index contributed by atoms with van der Waals surface area (Å²) in [5, 5.41) is 0. The Kier molecular flexibility index (Phi) is 4.27. The van der Waals surface area contributed by atoms with Gasteiger partial charge in [-0.15, -0.1) is 0 Å². The van der Waals surface area contributed by atoms with Crippen molar-refractivity contribution in [3.63, 3.8) is 0 Å². The Bertz CT molecular complexity index is 252. The Morgan fingerprint density at radius 3 is 2.67 bits per heavy atom. The largest absolute Gasteiger partial charge is 0.460 e. The summed E-state index contributed by atoms with van der Waals surface area (Å²) in [4.78, 5) is 24.7. The fourth-order valence-electron chi connectivity index (χ4n) is 2.03. The number of likely N-dealkylation sites (tertiary alicyclic amines) is 1. The van der Waals surface area contributed by atoms with Crippen molar-refractivity contribution in [1.29, 1.82) is 0 Å². The van der Waals surface area contributed by atoms with Crippen LogP contribution in [0.1, 0.15) is 26.7 Å². The fraction of sp³-hybridized carbons (Fsp3) is 0.818. The number of carbonyl (C=O) groups is 2. The van der Waals surface area contributed by atoms with Crippen LogP contribution in [0.5, 0.6) is 0 Å². The maximum Gasteiger partial charge on any atom is 0.302 e. The number of ether oxygens (including phenoxy) is 1. The third-order valence-electron chi connectivity index (χ3n) is 2.84. The van der Waals surface area contributed by atoms with Gasteiger partial charge in [0.25, 0.3) is 0 Å². The van der Waals surface area contributed by atoms with E-state index in [1.807, 2.05) is 14.0 Å². The lowest BCUT2D eigenvalue weighted by Crippen LogP contribution is -2.46. The van der Waals surface area contributed by atoms with Crippen molar-refractivity contribution < 1.29 is 14.3 Å². The number of Topliss-reactive ketones (excluding diaryl/α,β-unsaturated/α-hetero) is 1. The predicted molar refractivity (Wildman–Crippen MR) is 56.5 cm³/mol. The summed E-state index contributed by atoms with van der Waals surface area (Å²) in [6.07, 6.45) is 1.06. The summed E-state index contributed by atoms with van der Waals surface area (Å²) in [7, 11) is 1.98. The molecule has 0 N–H and O–H groups in total. The molecule has 2 unspecified atom stereocenters. The first-order valence-electron chi connectivity index (χ1n) is 5.43. The monoisotopic (exact) mass is 213 g/mol. The molecule has 15 heavy (non-hydrogen) atoms. The second-order valence-electron chi connectivity index (χ2n) is 4.13. The van der Waals surface area contributed by atoms with E-state index in [9.17, 15) is 9.59 Å². The van der Waals surface area contributed by atoms with Crippen LogP contribution in [0, 0.1) is 5.92 Å². The van der Waals surface area contributed by atoms with Crippen molar-refractivity contribution >= 4 is 11.8 Å². The van der Waals surface area contributed by atoms with E-state index in [1.54, 1.807) is 0 Å². The van der Waals surface area contributed by atoms with Crippen LogP contribution in [0.15, 0.2) is 0 Å². The van der Waals surface area contributed by atoms with E-state index in [0.717, 1.165) is 13.0 Å². The SMILES string of the molecule is CCC(=O)C1CCN(C)CC1OC(C)=O. The molecule has 2 atom stereocenters. The first kappa shape index (κ1) is 12.2. The number of nitrogens with zero attached hydrogens (tertiary/aromatic N) is 1. The van der Waals surface area contributed by atoms with E-state index in [4.69, 9.17) is 4.74 Å². The maximum absolute atomic E-state index is 11.7. The molecule has 1 rings (SSSR count). The highest BCUT2D eigenvalue weighted by Crippen LogP contribution is 2.21. The van der Waals surface area contributed by atoms with Gasteiger partial charge in [-0.05, 0) is 20.0 Å². The van der Waals surface area contributed by atoms with E-state index in [2.05, 4.69) is 4.90 Å². The molecule has 4 heteroatoms. The zero-order valence-electron chi connectivity index (χ0n) is 9.66. The minimum atomic E-state index is -0.302. The van der Waals surface area contributed by atoms with Gasteiger partial charge >= 0.3 is 5.97 Å². The average Bonchev–Trinajstić information content (AvgIpc) is 2.16. The molecule has 4 nitrogen and oxygen atoms in total. The van der Waals surface area contributed by atoms with Crippen LogP contribution in [0.4, 0.5) is 0 Å². The lowest BCUT2D eigenvalue weighted by molar-refractivity contribution is -0.154. The van der Waals surface area contributed by atoms with Crippen LogP contribution in [0.25, 0.3) is 0 Å². The van der Waals surface area contributed by atoms with Crippen molar-refractivity contribution in [3.05, 3.63) is 0 Å². The van der Waals surface area contributed by atoms with E-state index in [-0.39, 0.29) is 23.8 Å². The Labute approximate surface area is 90.6 Å². The minimum Gasteiger partial charge on any atom is -0.460 e. The van der Waals surface area contributed by atoms with Gasteiger partial charge in [-0.1, -0.05) is 6.92 Å².